The topological polar surface area (TPSA) is 12.0 Å². The molecule has 0 saturated carbocycles. The van der Waals surface area contributed by atoms with Gasteiger partial charge in [0.25, 0.3) is 0 Å². The molecule has 19 heavy (non-hydrogen) atoms. The minimum absolute atomic E-state index is 0.0901. The average Bonchev–Trinajstić information content (AvgIpc) is 2.79. The van der Waals surface area contributed by atoms with Gasteiger partial charge in [0.1, 0.15) is 5.82 Å². The summed E-state index contributed by atoms with van der Waals surface area (Å²) >= 11 is 11.1. The minimum Gasteiger partial charge on any atom is -0.309 e. The second-order valence-electron chi connectivity index (χ2n) is 4.18. The molecule has 1 aromatic carbocycles. The molecule has 1 heterocycles. The standard InChI is InChI=1S/C14H14BrClFNS/c1-2-18-13(14-11(15)5-6-19-14)8-9-7-10(16)3-4-12(9)17/h3-7,13,18H,2,8H2,1H3. The van der Waals surface area contributed by atoms with E-state index in [0.717, 1.165) is 11.0 Å². The number of thiophene rings is 1. The molecule has 0 radical (unpaired) electrons. The maximum Gasteiger partial charge on any atom is 0.126 e. The zero-order valence-corrected chi connectivity index (χ0v) is 13.6. The Hall–Kier alpha value is -0.420. The molecule has 1 unspecified atom stereocenters. The lowest BCUT2D eigenvalue weighted by atomic mass is 10.0. The van der Waals surface area contributed by atoms with Gasteiger partial charge < -0.3 is 5.32 Å². The average molecular weight is 363 g/mol. The van der Waals surface area contributed by atoms with Crippen LogP contribution in [0.4, 0.5) is 4.39 Å². The van der Waals surface area contributed by atoms with Gasteiger partial charge in [0.05, 0.1) is 0 Å². The van der Waals surface area contributed by atoms with Crippen LogP contribution in [0.25, 0.3) is 0 Å². The van der Waals surface area contributed by atoms with Crippen molar-refractivity contribution in [2.75, 3.05) is 6.54 Å². The predicted octanol–water partition coefficient (Wildman–Crippen LogP) is 5.20. The van der Waals surface area contributed by atoms with Gasteiger partial charge in [0.15, 0.2) is 0 Å². The molecule has 2 aromatic rings. The number of hydrogen-bond donors (Lipinski definition) is 1. The Bertz CT molecular complexity index is 558. The Labute approximate surface area is 129 Å². The molecule has 0 aliphatic carbocycles. The normalized spacial score (nSPS) is 12.6. The van der Waals surface area contributed by atoms with E-state index in [2.05, 4.69) is 21.2 Å². The summed E-state index contributed by atoms with van der Waals surface area (Å²) in [6.07, 6.45) is 0.583. The molecule has 2 rings (SSSR count). The first kappa shape index (κ1) is 15.0. The highest BCUT2D eigenvalue weighted by Gasteiger charge is 2.17. The highest BCUT2D eigenvalue weighted by Crippen LogP contribution is 2.32. The molecule has 5 heteroatoms. The highest BCUT2D eigenvalue weighted by atomic mass is 79.9. The molecule has 1 N–H and O–H groups in total. The fourth-order valence-electron chi connectivity index (χ4n) is 1.98. The van der Waals surface area contributed by atoms with Crippen LogP contribution in [0.1, 0.15) is 23.4 Å². The Kier molecular flexibility index (Phi) is 5.39. The summed E-state index contributed by atoms with van der Waals surface area (Å²) in [5.74, 6) is -0.208. The van der Waals surface area contributed by atoms with Crippen LogP contribution in [0.15, 0.2) is 34.1 Å². The quantitative estimate of drug-likeness (QED) is 0.771. The lowest BCUT2D eigenvalue weighted by molar-refractivity contribution is 0.533. The molecule has 0 saturated heterocycles. The fourth-order valence-corrected chi connectivity index (χ4v) is 3.90. The number of likely N-dealkylation sites (N-methyl/N-ethyl adjacent to an activating group) is 1. The second kappa shape index (κ2) is 6.84. The van der Waals surface area contributed by atoms with E-state index >= 15 is 0 Å². The molecule has 1 aromatic heterocycles. The van der Waals surface area contributed by atoms with Crippen molar-refractivity contribution >= 4 is 38.9 Å². The van der Waals surface area contributed by atoms with Crippen molar-refractivity contribution in [2.24, 2.45) is 0 Å². The van der Waals surface area contributed by atoms with Gasteiger partial charge in [-0.2, -0.15) is 0 Å². The van der Waals surface area contributed by atoms with E-state index in [1.54, 1.807) is 23.5 Å². The SMILES string of the molecule is CCNC(Cc1cc(Cl)ccc1F)c1sccc1Br. The number of hydrogen-bond acceptors (Lipinski definition) is 2. The van der Waals surface area contributed by atoms with Gasteiger partial charge in [-0.1, -0.05) is 18.5 Å². The maximum absolute atomic E-state index is 13.8. The van der Waals surface area contributed by atoms with E-state index in [4.69, 9.17) is 11.6 Å². The van der Waals surface area contributed by atoms with E-state index in [1.165, 1.54) is 10.9 Å². The molecule has 0 fully saturated rings. The van der Waals surface area contributed by atoms with Crippen molar-refractivity contribution in [3.63, 3.8) is 0 Å². The highest BCUT2D eigenvalue weighted by molar-refractivity contribution is 9.10. The van der Waals surface area contributed by atoms with E-state index in [0.29, 0.717) is 17.0 Å². The van der Waals surface area contributed by atoms with Gasteiger partial charge in [-0.05, 0) is 64.1 Å². The van der Waals surface area contributed by atoms with Crippen LogP contribution in [0.5, 0.6) is 0 Å². The molecule has 0 bridgehead atoms. The minimum atomic E-state index is -0.208. The Morgan fingerprint density at radius 2 is 2.21 bits per heavy atom. The number of rotatable bonds is 5. The Morgan fingerprint density at radius 3 is 2.84 bits per heavy atom. The molecule has 0 spiro atoms. The third kappa shape index (κ3) is 3.78. The summed E-state index contributed by atoms with van der Waals surface area (Å²) in [7, 11) is 0. The van der Waals surface area contributed by atoms with Crippen molar-refractivity contribution in [1.29, 1.82) is 0 Å². The summed E-state index contributed by atoms with van der Waals surface area (Å²) in [6, 6.07) is 6.79. The molecular formula is C14H14BrClFNS. The van der Waals surface area contributed by atoms with Crippen molar-refractivity contribution in [3.8, 4) is 0 Å². The van der Waals surface area contributed by atoms with Crippen LogP contribution in [-0.4, -0.2) is 6.54 Å². The fraction of sp³-hybridized carbons (Fsp3) is 0.286. The zero-order chi connectivity index (χ0) is 13.8. The largest absolute Gasteiger partial charge is 0.309 e. The summed E-state index contributed by atoms with van der Waals surface area (Å²) in [4.78, 5) is 1.18. The number of benzene rings is 1. The molecule has 0 aliphatic rings. The van der Waals surface area contributed by atoms with E-state index in [1.807, 2.05) is 18.4 Å². The first-order chi connectivity index (χ1) is 9.11. The monoisotopic (exact) mass is 361 g/mol. The lowest BCUT2D eigenvalue weighted by Gasteiger charge is -2.18. The molecule has 1 nitrogen and oxygen atoms in total. The van der Waals surface area contributed by atoms with Crippen LogP contribution >= 0.6 is 38.9 Å². The Balaban J connectivity index is 2.26. The molecule has 0 aliphatic heterocycles. The third-order valence-electron chi connectivity index (χ3n) is 2.84. The van der Waals surface area contributed by atoms with Crippen LogP contribution < -0.4 is 5.32 Å². The van der Waals surface area contributed by atoms with Crippen molar-refractivity contribution in [1.82, 2.24) is 5.32 Å². The number of halogens is 3. The van der Waals surface area contributed by atoms with E-state index < -0.39 is 0 Å². The first-order valence-electron chi connectivity index (χ1n) is 6.02. The van der Waals surface area contributed by atoms with Crippen LogP contribution in [0.2, 0.25) is 5.02 Å². The molecule has 0 amide bonds. The molecular weight excluding hydrogens is 349 g/mol. The van der Waals surface area contributed by atoms with E-state index in [9.17, 15) is 4.39 Å². The summed E-state index contributed by atoms with van der Waals surface area (Å²) in [5.41, 5.74) is 0.638. The van der Waals surface area contributed by atoms with Gasteiger partial charge in [-0.25, -0.2) is 4.39 Å². The molecule has 1 atom stereocenters. The lowest BCUT2D eigenvalue weighted by Crippen LogP contribution is -2.22. The van der Waals surface area contributed by atoms with Crippen molar-refractivity contribution < 1.29 is 4.39 Å². The van der Waals surface area contributed by atoms with Crippen molar-refractivity contribution in [2.45, 2.75) is 19.4 Å². The van der Waals surface area contributed by atoms with Gasteiger partial charge in [-0.15, -0.1) is 11.3 Å². The van der Waals surface area contributed by atoms with Crippen LogP contribution in [-0.2, 0) is 6.42 Å². The Morgan fingerprint density at radius 1 is 1.42 bits per heavy atom. The van der Waals surface area contributed by atoms with Crippen LogP contribution in [0, 0.1) is 5.82 Å². The second-order valence-corrected chi connectivity index (χ2v) is 6.42. The summed E-state index contributed by atoms with van der Waals surface area (Å²) < 4.78 is 14.9. The van der Waals surface area contributed by atoms with Crippen LogP contribution in [0.3, 0.4) is 0 Å². The van der Waals surface area contributed by atoms with Gasteiger partial charge in [0.2, 0.25) is 0 Å². The van der Waals surface area contributed by atoms with E-state index in [-0.39, 0.29) is 11.9 Å². The molecule has 102 valence electrons. The van der Waals surface area contributed by atoms with Gasteiger partial charge >= 0.3 is 0 Å². The summed E-state index contributed by atoms with van der Waals surface area (Å²) in [5, 5.41) is 5.98. The maximum atomic E-state index is 13.8. The smallest absolute Gasteiger partial charge is 0.126 e. The number of nitrogens with one attached hydrogen (secondary N) is 1. The zero-order valence-electron chi connectivity index (χ0n) is 10.4. The summed E-state index contributed by atoms with van der Waals surface area (Å²) in [6.45, 7) is 2.88. The first-order valence-corrected chi connectivity index (χ1v) is 8.07. The van der Waals surface area contributed by atoms with Crippen molar-refractivity contribution in [3.05, 3.63) is 55.4 Å². The third-order valence-corrected chi connectivity index (χ3v) is 5.06. The van der Waals surface area contributed by atoms with Gasteiger partial charge in [-0.3, -0.25) is 0 Å². The predicted molar refractivity (Wildman–Crippen MR) is 83.6 cm³/mol. The van der Waals surface area contributed by atoms with Gasteiger partial charge in [0, 0.05) is 20.4 Å².